The van der Waals surface area contributed by atoms with Crippen LogP contribution in [0.1, 0.15) is 20.3 Å². The Morgan fingerprint density at radius 1 is 1.50 bits per heavy atom. The molecule has 0 aromatic carbocycles. The van der Waals surface area contributed by atoms with E-state index in [0.717, 1.165) is 23.5 Å². The van der Waals surface area contributed by atoms with Crippen molar-refractivity contribution in [3.63, 3.8) is 0 Å². The van der Waals surface area contributed by atoms with Crippen LogP contribution >= 0.6 is 0 Å². The van der Waals surface area contributed by atoms with Crippen molar-refractivity contribution in [2.45, 2.75) is 20.3 Å². The van der Waals surface area contributed by atoms with Crippen LogP contribution in [0, 0.1) is 0 Å². The molecule has 2 nitrogen and oxygen atoms in total. The summed E-state index contributed by atoms with van der Waals surface area (Å²) >= 11 is 0. The molecule has 0 saturated carbocycles. The lowest BCUT2D eigenvalue weighted by atomic mass is 10.2. The second-order valence-corrected chi connectivity index (χ2v) is 3.20. The lowest BCUT2D eigenvalue weighted by Gasteiger charge is -2.25. The number of hydrogen-bond donors (Lipinski definition) is 0. The molecule has 0 amide bonds. The summed E-state index contributed by atoms with van der Waals surface area (Å²) in [6.07, 6.45) is 4.48. The Hall–Kier alpha value is -1.57. The first-order valence-electron chi connectivity index (χ1n) is 4.70. The Morgan fingerprint density at radius 2 is 2.21 bits per heavy atom. The first-order valence-corrected chi connectivity index (χ1v) is 4.70. The number of anilines is 1. The lowest BCUT2D eigenvalue weighted by Crippen LogP contribution is -2.18. The van der Waals surface area contributed by atoms with Crippen LogP contribution in [0.15, 0.2) is 49.1 Å². The van der Waals surface area contributed by atoms with Crippen molar-refractivity contribution < 1.29 is 0 Å². The molecular weight excluding hydrogens is 172 g/mol. The molecule has 2 heteroatoms. The molecule has 0 atom stereocenters. The van der Waals surface area contributed by atoms with Crippen molar-refractivity contribution in [1.29, 1.82) is 0 Å². The smallest absolute Gasteiger partial charge is 0.0637 e. The van der Waals surface area contributed by atoms with Crippen LogP contribution in [0.25, 0.3) is 0 Å². The summed E-state index contributed by atoms with van der Waals surface area (Å²) in [5.41, 5.74) is 3.02. The van der Waals surface area contributed by atoms with Gasteiger partial charge >= 0.3 is 0 Å². The summed E-state index contributed by atoms with van der Waals surface area (Å²) in [6, 6.07) is 3.91. The molecule has 0 fully saturated rings. The molecule has 0 radical (unpaired) electrons. The lowest BCUT2D eigenvalue weighted by molar-refractivity contribution is 0.972. The van der Waals surface area contributed by atoms with Crippen LogP contribution < -0.4 is 4.90 Å². The minimum Gasteiger partial charge on any atom is -0.318 e. The molecule has 0 N–H and O–H groups in total. The molecule has 0 aliphatic heterocycles. The zero-order valence-corrected chi connectivity index (χ0v) is 8.83. The second kappa shape index (κ2) is 4.61. The molecule has 74 valence electrons. The number of allylic oxidation sites excluding steroid dienone is 2. The molecule has 0 aliphatic carbocycles. The summed E-state index contributed by atoms with van der Waals surface area (Å²) in [6.45, 7) is 12.0. The monoisotopic (exact) mass is 188 g/mol. The van der Waals surface area contributed by atoms with Crippen LogP contribution in [0.5, 0.6) is 0 Å². The standard InChI is InChI=1S/C12H16N2/c1-5-11(4)14(10(2)3)12-7-6-8-13-9-12/h6-9H,2,4-5H2,1,3H3. The van der Waals surface area contributed by atoms with Gasteiger partial charge in [0.2, 0.25) is 0 Å². The van der Waals surface area contributed by atoms with Gasteiger partial charge in [-0.2, -0.15) is 0 Å². The number of aromatic nitrogens is 1. The minimum absolute atomic E-state index is 0.905. The van der Waals surface area contributed by atoms with Crippen LogP contribution in [-0.4, -0.2) is 4.98 Å². The Morgan fingerprint density at radius 3 is 2.64 bits per heavy atom. The van der Waals surface area contributed by atoms with E-state index in [-0.39, 0.29) is 0 Å². The van der Waals surface area contributed by atoms with E-state index in [1.54, 1.807) is 6.20 Å². The molecule has 1 aromatic rings. The number of nitrogens with zero attached hydrogens (tertiary/aromatic N) is 2. The van der Waals surface area contributed by atoms with E-state index in [1.165, 1.54) is 0 Å². The number of pyridine rings is 1. The SMILES string of the molecule is C=C(C)N(C(=C)CC)c1cccnc1. The summed E-state index contributed by atoms with van der Waals surface area (Å²) < 4.78 is 0. The van der Waals surface area contributed by atoms with Gasteiger partial charge in [0.05, 0.1) is 11.9 Å². The normalized spacial score (nSPS) is 9.57. The molecule has 0 spiro atoms. The van der Waals surface area contributed by atoms with Gasteiger partial charge in [-0.05, 0) is 25.5 Å². The highest BCUT2D eigenvalue weighted by Gasteiger charge is 2.08. The van der Waals surface area contributed by atoms with Gasteiger partial charge in [-0.3, -0.25) is 4.98 Å². The molecule has 1 heterocycles. The molecule has 0 saturated heterocycles. The predicted molar refractivity (Wildman–Crippen MR) is 61.0 cm³/mol. The van der Waals surface area contributed by atoms with E-state index in [9.17, 15) is 0 Å². The Bertz CT molecular complexity index is 327. The Balaban J connectivity index is 3.01. The Kier molecular flexibility index (Phi) is 3.46. The second-order valence-electron chi connectivity index (χ2n) is 3.20. The quantitative estimate of drug-likeness (QED) is 0.720. The molecule has 0 bridgehead atoms. The van der Waals surface area contributed by atoms with Gasteiger partial charge in [0, 0.05) is 17.6 Å². The third kappa shape index (κ3) is 2.22. The van der Waals surface area contributed by atoms with Crippen LogP contribution in [0.2, 0.25) is 0 Å². The third-order valence-corrected chi connectivity index (χ3v) is 2.01. The van der Waals surface area contributed by atoms with E-state index < -0.39 is 0 Å². The van der Waals surface area contributed by atoms with Crippen LogP contribution in [-0.2, 0) is 0 Å². The fourth-order valence-corrected chi connectivity index (χ4v) is 1.32. The first kappa shape index (κ1) is 10.5. The van der Waals surface area contributed by atoms with Crippen LogP contribution in [0.4, 0.5) is 5.69 Å². The minimum atomic E-state index is 0.905. The van der Waals surface area contributed by atoms with Gasteiger partial charge < -0.3 is 4.90 Å². The largest absolute Gasteiger partial charge is 0.318 e. The maximum absolute atomic E-state index is 4.08. The Labute approximate surface area is 85.6 Å². The van der Waals surface area contributed by atoms with E-state index in [0.29, 0.717) is 0 Å². The van der Waals surface area contributed by atoms with Crippen molar-refractivity contribution in [3.05, 3.63) is 49.1 Å². The van der Waals surface area contributed by atoms with Gasteiger partial charge in [-0.15, -0.1) is 0 Å². The highest BCUT2D eigenvalue weighted by Crippen LogP contribution is 2.22. The fourth-order valence-electron chi connectivity index (χ4n) is 1.32. The molecule has 0 unspecified atom stereocenters. The number of hydrogen-bond acceptors (Lipinski definition) is 2. The highest BCUT2D eigenvalue weighted by atomic mass is 15.1. The number of rotatable bonds is 4. The van der Waals surface area contributed by atoms with Gasteiger partial charge in [0.1, 0.15) is 0 Å². The molecule has 1 aromatic heterocycles. The first-order chi connectivity index (χ1) is 6.66. The van der Waals surface area contributed by atoms with Crippen molar-refractivity contribution >= 4 is 5.69 Å². The van der Waals surface area contributed by atoms with Gasteiger partial charge in [0.25, 0.3) is 0 Å². The average Bonchev–Trinajstić information content (AvgIpc) is 2.19. The van der Waals surface area contributed by atoms with Gasteiger partial charge in [0.15, 0.2) is 0 Å². The zero-order valence-electron chi connectivity index (χ0n) is 8.83. The zero-order chi connectivity index (χ0) is 10.6. The van der Waals surface area contributed by atoms with E-state index in [4.69, 9.17) is 0 Å². The summed E-state index contributed by atoms with van der Waals surface area (Å²) in [5, 5.41) is 0. The summed E-state index contributed by atoms with van der Waals surface area (Å²) in [4.78, 5) is 6.10. The van der Waals surface area contributed by atoms with Crippen molar-refractivity contribution in [3.8, 4) is 0 Å². The van der Waals surface area contributed by atoms with E-state index >= 15 is 0 Å². The molecule has 0 aliphatic rings. The third-order valence-electron chi connectivity index (χ3n) is 2.01. The average molecular weight is 188 g/mol. The van der Waals surface area contributed by atoms with E-state index in [1.807, 2.05) is 30.2 Å². The summed E-state index contributed by atoms with van der Waals surface area (Å²) in [5.74, 6) is 0. The molecule has 14 heavy (non-hydrogen) atoms. The molecule has 1 rings (SSSR count). The predicted octanol–water partition coefficient (Wildman–Crippen LogP) is 3.35. The van der Waals surface area contributed by atoms with Crippen molar-refractivity contribution in [2.24, 2.45) is 0 Å². The maximum Gasteiger partial charge on any atom is 0.0637 e. The molecular formula is C12H16N2. The van der Waals surface area contributed by atoms with Gasteiger partial charge in [-0.1, -0.05) is 20.1 Å². The topological polar surface area (TPSA) is 16.1 Å². The van der Waals surface area contributed by atoms with Crippen molar-refractivity contribution in [2.75, 3.05) is 4.90 Å². The fraction of sp³-hybridized carbons (Fsp3) is 0.250. The van der Waals surface area contributed by atoms with Crippen molar-refractivity contribution in [1.82, 2.24) is 4.98 Å². The maximum atomic E-state index is 4.08. The van der Waals surface area contributed by atoms with E-state index in [2.05, 4.69) is 25.1 Å². The van der Waals surface area contributed by atoms with Gasteiger partial charge in [-0.25, -0.2) is 0 Å². The highest BCUT2D eigenvalue weighted by molar-refractivity contribution is 5.55. The summed E-state index contributed by atoms with van der Waals surface area (Å²) in [7, 11) is 0. The van der Waals surface area contributed by atoms with Crippen LogP contribution in [0.3, 0.4) is 0 Å².